The molecule has 0 saturated heterocycles. The van der Waals surface area contributed by atoms with Crippen LogP contribution in [0.3, 0.4) is 0 Å². The van der Waals surface area contributed by atoms with Crippen LogP contribution in [0.25, 0.3) is 0 Å². The molecule has 0 unspecified atom stereocenters. The Hall–Kier alpha value is -3.12. The molecular formula is C25H25BrN2O3. The van der Waals surface area contributed by atoms with Gasteiger partial charge in [-0.15, -0.1) is 0 Å². The van der Waals surface area contributed by atoms with Gasteiger partial charge in [-0.3, -0.25) is 4.79 Å². The van der Waals surface area contributed by atoms with Gasteiger partial charge in [-0.05, 0) is 60.0 Å². The van der Waals surface area contributed by atoms with Gasteiger partial charge in [0.05, 0.1) is 18.4 Å². The minimum atomic E-state index is -0.347. The summed E-state index contributed by atoms with van der Waals surface area (Å²) >= 11 is 3.41. The molecule has 3 rings (SSSR count). The van der Waals surface area contributed by atoms with Crippen LogP contribution in [0.15, 0.2) is 82.4 Å². The summed E-state index contributed by atoms with van der Waals surface area (Å²) in [6.45, 7) is 3.21. The Labute approximate surface area is 191 Å². The van der Waals surface area contributed by atoms with Gasteiger partial charge in [-0.25, -0.2) is 5.43 Å². The molecule has 6 heteroatoms. The van der Waals surface area contributed by atoms with Crippen LogP contribution in [-0.4, -0.2) is 18.7 Å². The first-order valence-electron chi connectivity index (χ1n) is 10.2. The molecule has 160 valence electrons. The summed E-state index contributed by atoms with van der Waals surface area (Å²) in [7, 11) is 0. The summed E-state index contributed by atoms with van der Waals surface area (Å²) in [6.07, 6.45) is 3.72. The van der Waals surface area contributed by atoms with Crippen molar-refractivity contribution in [3.8, 4) is 11.5 Å². The Morgan fingerprint density at radius 1 is 1.03 bits per heavy atom. The SMILES string of the molecule is CCCCOc1ccc(/C=N\NC(=O)c2cc(Br)ccc2OCc2ccccc2)cc1. The number of nitrogens with one attached hydrogen (secondary N) is 1. The number of rotatable bonds is 10. The second kappa shape index (κ2) is 11.9. The number of carbonyl (C=O) groups excluding carboxylic acids is 1. The lowest BCUT2D eigenvalue weighted by molar-refractivity contribution is 0.0950. The number of hydrogen-bond donors (Lipinski definition) is 1. The van der Waals surface area contributed by atoms with Crippen LogP contribution in [0.2, 0.25) is 0 Å². The number of benzene rings is 3. The zero-order valence-electron chi connectivity index (χ0n) is 17.4. The molecule has 0 bridgehead atoms. The summed E-state index contributed by atoms with van der Waals surface area (Å²) in [5, 5.41) is 4.08. The molecule has 0 heterocycles. The standard InChI is InChI=1S/C25H25BrN2O3/c1-2-3-15-30-22-12-9-19(10-13-22)17-27-28-25(29)23-16-21(26)11-14-24(23)31-18-20-7-5-4-6-8-20/h4-14,16-17H,2-3,15,18H2,1H3,(H,28,29)/b27-17-. The van der Waals surface area contributed by atoms with E-state index in [0.717, 1.165) is 34.2 Å². The number of unbranched alkanes of at least 4 members (excludes halogenated alkanes) is 1. The fourth-order valence-corrected chi connectivity index (χ4v) is 3.11. The summed E-state index contributed by atoms with van der Waals surface area (Å²) < 4.78 is 12.3. The highest BCUT2D eigenvalue weighted by atomic mass is 79.9. The fraction of sp³-hybridized carbons (Fsp3) is 0.200. The number of nitrogens with zero attached hydrogens (tertiary/aromatic N) is 1. The lowest BCUT2D eigenvalue weighted by Gasteiger charge is -2.11. The van der Waals surface area contributed by atoms with E-state index >= 15 is 0 Å². The molecule has 5 nitrogen and oxygen atoms in total. The van der Waals surface area contributed by atoms with Crippen LogP contribution in [0.5, 0.6) is 11.5 Å². The topological polar surface area (TPSA) is 59.9 Å². The molecule has 0 radical (unpaired) electrons. The van der Waals surface area contributed by atoms with E-state index in [-0.39, 0.29) is 5.91 Å². The van der Waals surface area contributed by atoms with E-state index in [0.29, 0.717) is 24.5 Å². The fourth-order valence-electron chi connectivity index (χ4n) is 2.75. The van der Waals surface area contributed by atoms with Gasteiger partial charge < -0.3 is 9.47 Å². The van der Waals surface area contributed by atoms with Crippen LogP contribution in [0.1, 0.15) is 41.3 Å². The molecule has 1 N–H and O–H groups in total. The quantitative estimate of drug-likeness (QED) is 0.221. The van der Waals surface area contributed by atoms with Crippen molar-refractivity contribution in [1.82, 2.24) is 5.43 Å². The van der Waals surface area contributed by atoms with Gasteiger partial charge in [-0.1, -0.05) is 59.6 Å². The van der Waals surface area contributed by atoms with Crippen molar-refractivity contribution in [2.75, 3.05) is 6.61 Å². The van der Waals surface area contributed by atoms with Gasteiger partial charge in [-0.2, -0.15) is 5.10 Å². The average molecular weight is 481 g/mol. The third kappa shape index (κ3) is 7.26. The third-order valence-electron chi connectivity index (χ3n) is 4.45. The maximum Gasteiger partial charge on any atom is 0.275 e. The van der Waals surface area contributed by atoms with E-state index in [2.05, 4.69) is 33.4 Å². The number of amides is 1. The smallest absolute Gasteiger partial charge is 0.275 e. The molecule has 3 aromatic rings. The van der Waals surface area contributed by atoms with E-state index in [4.69, 9.17) is 9.47 Å². The number of halogens is 1. The van der Waals surface area contributed by atoms with Gasteiger partial charge in [0.1, 0.15) is 18.1 Å². The Morgan fingerprint density at radius 3 is 2.55 bits per heavy atom. The van der Waals surface area contributed by atoms with E-state index in [1.165, 1.54) is 0 Å². The number of hydrogen-bond acceptors (Lipinski definition) is 4. The second-order valence-electron chi connectivity index (χ2n) is 6.88. The molecule has 31 heavy (non-hydrogen) atoms. The maximum absolute atomic E-state index is 12.7. The summed E-state index contributed by atoms with van der Waals surface area (Å²) in [4.78, 5) is 12.7. The maximum atomic E-state index is 12.7. The van der Waals surface area contributed by atoms with Crippen LogP contribution in [-0.2, 0) is 6.61 Å². The van der Waals surface area contributed by atoms with Gasteiger partial charge >= 0.3 is 0 Å². The number of ether oxygens (including phenoxy) is 2. The zero-order valence-corrected chi connectivity index (χ0v) is 19.0. The highest BCUT2D eigenvalue weighted by molar-refractivity contribution is 9.10. The normalized spacial score (nSPS) is 10.8. The van der Waals surface area contributed by atoms with Crippen LogP contribution in [0.4, 0.5) is 0 Å². The van der Waals surface area contributed by atoms with Crippen molar-refractivity contribution in [3.05, 3.63) is 94.0 Å². The van der Waals surface area contributed by atoms with Gasteiger partial charge in [0.2, 0.25) is 0 Å². The van der Waals surface area contributed by atoms with Crippen molar-refractivity contribution in [2.45, 2.75) is 26.4 Å². The lowest BCUT2D eigenvalue weighted by Crippen LogP contribution is -2.18. The molecular weight excluding hydrogens is 456 g/mol. The van der Waals surface area contributed by atoms with Crippen molar-refractivity contribution in [2.24, 2.45) is 5.10 Å². The largest absolute Gasteiger partial charge is 0.494 e. The van der Waals surface area contributed by atoms with Crippen molar-refractivity contribution in [3.63, 3.8) is 0 Å². The molecule has 3 aromatic carbocycles. The lowest BCUT2D eigenvalue weighted by atomic mass is 10.2. The first-order chi connectivity index (χ1) is 15.2. The molecule has 0 aromatic heterocycles. The molecule has 0 aliphatic carbocycles. The van der Waals surface area contributed by atoms with Crippen molar-refractivity contribution < 1.29 is 14.3 Å². The predicted molar refractivity (Wildman–Crippen MR) is 127 cm³/mol. The summed E-state index contributed by atoms with van der Waals surface area (Å²) in [5.41, 5.74) is 4.86. The molecule has 0 saturated carbocycles. The minimum Gasteiger partial charge on any atom is -0.494 e. The third-order valence-corrected chi connectivity index (χ3v) is 4.94. The monoisotopic (exact) mass is 480 g/mol. The number of carbonyl (C=O) groups is 1. The van der Waals surface area contributed by atoms with E-state index in [9.17, 15) is 4.79 Å². The van der Waals surface area contributed by atoms with Gasteiger partial charge in [0.15, 0.2) is 0 Å². The Bertz CT molecular complexity index is 1010. The van der Waals surface area contributed by atoms with Crippen molar-refractivity contribution in [1.29, 1.82) is 0 Å². The van der Waals surface area contributed by atoms with Crippen LogP contribution < -0.4 is 14.9 Å². The minimum absolute atomic E-state index is 0.347. The van der Waals surface area contributed by atoms with Crippen molar-refractivity contribution >= 4 is 28.1 Å². The molecule has 0 aliphatic rings. The molecule has 0 spiro atoms. The van der Waals surface area contributed by atoms with E-state index < -0.39 is 0 Å². The van der Waals surface area contributed by atoms with E-state index in [1.54, 1.807) is 18.3 Å². The Balaban J connectivity index is 1.60. The molecule has 0 atom stereocenters. The van der Waals surface area contributed by atoms with Crippen LogP contribution >= 0.6 is 15.9 Å². The summed E-state index contributed by atoms with van der Waals surface area (Å²) in [5.74, 6) is 0.970. The van der Waals surface area contributed by atoms with Gasteiger partial charge in [0, 0.05) is 4.47 Å². The number of hydrazone groups is 1. The summed E-state index contributed by atoms with van der Waals surface area (Å²) in [6, 6.07) is 22.7. The van der Waals surface area contributed by atoms with Gasteiger partial charge in [0.25, 0.3) is 5.91 Å². The first-order valence-corrected chi connectivity index (χ1v) is 11.0. The second-order valence-corrected chi connectivity index (χ2v) is 7.80. The highest BCUT2D eigenvalue weighted by Crippen LogP contribution is 2.24. The zero-order chi connectivity index (χ0) is 21.9. The molecule has 0 aliphatic heterocycles. The molecule has 0 fully saturated rings. The Morgan fingerprint density at radius 2 is 1.81 bits per heavy atom. The first kappa shape index (κ1) is 22.6. The van der Waals surface area contributed by atoms with Crippen LogP contribution in [0, 0.1) is 0 Å². The predicted octanol–water partition coefficient (Wildman–Crippen LogP) is 5.97. The molecule has 1 amide bonds. The van der Waals surface area contributed by atoms with E-state index in [1.807, 2.05) is 60.7 Å². The average Bonchev–Trinajstić information content (AvgIpc) is 2.80. The Kier molecular flexibility index (Phi) is 8.67. The highest BCUT2D eigenvalue weighted by Gasteiger charge is 2.13.